The SMILES string of the molecule is O=CN1C=CN2c3cc(F)ccc3SC12. The van der Waals surface area contributed by atoms with E-state index >= 15 is 0 Å². The van der Waals surface area contributed by atoms with E-state index in [0.29, 0.717) is 0 Å². The van der Waals surface area contributed by atoms with Gasteiger partial charge in [0.15, 0.2) is 5.50 Å². The van der Waals surface area contributed by atoms with E-state index in [9.17, 15) is 9.18 Å². The lowest BCUT2D eigenvalue weighted by molar-refractivity contribution is -0.115. The van der Waals surface area contributed by atoms with Crippen molar-refractivity contribution < 1.29 is 9.18 Å². The molecule has 0 aromatic heterocycles. The van der Waals surface area contributed by atoms with Crippen LogP contribution >= 0.6 is 11.8 Å². The summed E-state index contributed by atoms with van der Waals surface area (Å²) in [5.74, 6) is -0.257. The zero-order valence-electron chi connectivity index (χ0n) is 7.63. The lowest BCUT2D eigenvalue weighted by Gasteiger charge is -2.20. The third-order valence-corrected chi connectivity index (χ3v) is 3.73. The van der Waals surface area contributed by atoms with Gasteiger partial charge in [-0.15, -0.1) is 0 Å². The minimum absolute atomic E-state index is 0.0840. The summed E-state index contributed by atoms with van der Waals surface area (Å²) in [4.78, 5) is 15.2. The summed E-state index contributed by atoms with van der Waals surface area (Å²) in [5, 5.41) is 0. The van der Waals surface area contributed by atoms with Crippen molar-refractivity contribution in [3.8, 4) is 0 Å². The molecule has 0 saturated heterocycles. The van der Waals surface area contributed by atoms with Crippen molar-refractivity contribution in [3.05, 3.63) is 36.4 Å². The highest BCUT2D eigenvalue weighted by Gasteiger charge is 2.35. The van der Waals surface area contributed by atoms with Crippen molar-refractivity contribution in [2.45, 2.75) is 10.4 Å². The highest BCUT2D eigenvalue weighted by molar-refractivity contribution is 8.00. The monoisotopic (exact) mass is 222 g/mol. The number of carbonyl (C=O) groups is 1. The highest BCUT2D eigenvalue weighted by Crippen LogP contribution is 2.46. The third-order valence-electron chi connectivity index (χ3n) is 2.45. The average Bonchev–Trinajstić information content (AvgIpc) is 2.76. The van der Waals surface area contributed by atoms with Gasteiger partial charge in [-0.3, -0.25) is 9.69 Å². The van der Waals surface area contributed by atoms with E-state index in [0.717, 1.165) is 17.0 Å². The van der Waals surface area contributed by atoms with Crippen molar-refractivity contribution in [1.82, 2.24) is 4.90 Å². The fourth-order valence-electron chi connectivity index (χ4n) is 1.75. The first kappa shape index (κ1) is 8.79. The number of benzene rings is 1. The average molecular weight is 222 g/mol. The van der Waals surface area contributed by atoms with Gasteiger partial charge in [0.25, 0.3) is 0 Å². The topological polar surface area (TPSA) is 23.6 Å². The molecule has 3 rings (SSSR count). The molecule has 2 aliphatic rings. The number of amides is 1. The van der Waals surface area contributed by atoms with Gasteiger partial charge >= 0.3 is 0 Å². The predicted octanol–water partition coefficient (Wildman–Crippen LogP) is 1.96. The van der Waals surface area contributed by atoms with Crippen LogP contribution < -0.4 is 4.90 Å². The Morgan fingerprint density at radius 3 is 3.07 bits per heavy atom. The van der Waals surface area contributed by atoms with Gasteiger partial charge in [0.1, 0.15) is 5.82 Å². The fraction of sp³-hybridized carbons (Fsp3) is 0.100. The molecule has 1 amide bonds. The Morgan fingerprint density at radius 1 is 1.40 bits per heavy atom. The van der Waals surface area contributed by atoms with Crippen molar-refractivity contribution in [3.63, 3.8) is 0 Å². The van der Waals surface area contributed by atoms with Gasteiger partial charge in [-0.1, -0.05) is 11.8 Å². The maximum absolute atomic E-state index is 13.1. The summed E-state index contributed by atoms with van der Waals surface area (Å²) in [6.07, 6.45) is 4.26. The first-order valence-corrected chi connectivity index (χ1v) is 5.33. The molecule has 0 radical (unpaired) electrons. The number of anilines is 1. The zero-order valence-corrected chi connectivity index (χ0v) is 8.45. The van der Waals surface area contributed by atoms with E-state index in [1.165, 1.54) is 23.9 Å². The quantitative estimate of drug-likeness (QED) is 0.679. The second-order valence-corrected chi connectivity index (χ2v) is 4.41. The molecule has 0 N–H and O–H groups in total. The molecule has 0 saturated carbocycles. The van der Waals surface area contributed by atoms with Crippen LogP contribution in [-0.2, 0) is 4.79 Å². The molecule has 0 spiro atoms. The normalized spacial score (nSPS) is 21.8. The molecular weight excluding hydrogens is 215 g/mol. The van der Waals surface area contributed by atoms with Crippen molar-refractivity contribution in [2.24, 2.45) is 0 Å². The molecule has 3 nitrogen and oxygen atoms in total. The molecule has 1 unspecified atom stereocenters. The molecule has 5 heteroatoms. The molecule has 0 bridgehead atoms. The Bertz CT molecular complexity index is 463. The minimum Gasteiger partial charge on any atom is -0.315 e. The number of halogens is 1. The molecule has 1 aromatic carbocycles. The van der Waals surface area contributed by atoms with E-state index in [1.807, 2.05) is 4.90 Å². The number of hydrogen-bond donors (Lipinski definition) is 0. The molecule has 0 aliphatic carbocycles. The van der Waals surface area contributed by atoms with Crippen molar-refractivity contribution in [2.75, 3.05) is 4.90 Å². The maximum Gasteiger partial charge on any atom is 0.216 e. The van der Waals surface area contributed by atoms with E-state index in [4.69, 9.17) is 0 Å². The Hall–Kier alpha value is -1.49. The highest BCUT2D eigenvalue weighted by atomic mass is 32.2. The van der Waals surface area contributed by atoms with Gasteiger partial charge in [-0.2, -0.15) is 0 Å². The second kappa shape index (κ2) is 3.00. The number of nitrogens with zero attached hydrogens (tertiary/aromatic N) is 2. The second-order valence-electron chi connectivity index (χ2n) is 3.31. The van der Waals surface area contributed by atoms with Crippen LogP contribution in [-0.4, -0.2) is 16.8 Å². The summed E-state index contributed by atoms with van der Waals surface area (Å²) in [5.41, 5.74) is 0.741. The van der Waals surface area contributed by atoms with Crippen LogP contribution in [0.4, 0.5) is 10.1 Å². The Kier molecular flexibility index (Phi) is 1.76. The summed E-state index contributed by atoms with van der Waals surface area (Å²) in [7, 11) is 0. The van der Waals surface area contributed by atoms with Gasteiger partial charge in [-0.25, -0.2) is 4.39 Å². The van der Waals surface area contributed by atoms with Gasteiger partial charge in [0.05, 0.1) is 5.69 Å². The lowest BCUT2D eigenvalue weighted by Crippen LogP contribution is -2.31. The Labute approximate surface area is 90.2 Å². The molecule has 1 atom stereocenters. The number of carbonyl (C=O) groups excluding carboxylic acids is 1. The van der Waals surface area contributed by atoms with Crippen molar-refractivity contribution >= 4 is 23.9 Å². The van der Waals surface area contributed by atoms with Crippen LogP contribution in [0.5, 0.6) is 0 Å². The third kappa shape index (κ3) is 1.16. The largest absolute Gasteiger partial charge is 0.315 e. The van der Waals surface area contributed by atoms with E-state index in [-0.39, 0.29) is 11.3 Å². The maximum atomic E-state index is 13.1. The van der Waals surface area contributed by atoms with Crippen LogP contribution in [0.15, 0.2) is 35.5 Å². The van der Waals surface area contributed by atoms with Crippen LogP contribution in [0.2, 0.25) is 0 Å². The molecule has 15 heavy (non-hydrogen) atoms. The van der Waals surface area contributed by atoms with Crippen molar-refractivity contribution in [1.29, 1.82) is 0 Å². The molecule has 2 aliphatic heterocycles. The minimum atomic E-state index is -0.257. The van der Waals surface area contributed by atoms with Crippen LogP contribution in [0.3, 0.4) is 0 Å². The van der Waals surface area contributed by atoms with Gasteiger partial charge in [0.2, 0.25) is 6.41 Å². The Balaban J connectivity index is 2.05. The zero-order chi connectivity index (χ0) is 10.4. The van der Waals surface area contributed by atoms with Crippen LogP contribution in [0, 0.1) is 5.82 Å². The van der Waals surface area contributed by atoms with E-state index in [1.54, 1.807) is 23.4 Å². The number of thioether (sulfide) groups is 1. The van der Waals surface area contributed by atoms with E-state index < -0.39 is 0 Å². The Morgan fingerprint density at radius 2 is 2.27 bits per heavy atom. The first-order valence-electron chi connectivity index (χ1n) is 4.45. The summed E-state index contributed by atoms with van der Waals surface area (Å²) in [6.45, 7) is 0. The lowest BCUT2D eigenvalue weighted by atomic mass is 10.3. The summed E-state index contributed by atoms with van der Waals surface area (Å²) < 4.78 is 13.1. The van der Waals surface area contributed by atoms with Crippen LogP contribution in [0.1, 0.15) is 0 Å². The molecule has 0 fully saturated rings. The fourth-order valence-corrected chi connectivity index (χ4v) is 2.95. The van der Waals surface area contributed by atoms with Crippen LogP contribution in [0.25, 0.3) is 0 Å². The summed E-state index contributed by atoms with van der Waals surface area (Å²) in [6, 6.07) is 4.66. The van der Waals surface area contributed by atoms with Gasteiger partial charge in [0, 0.05) is 17.3 Å². The molecule has 1 aromatic rings. The summed E-state index contributed by atoms with van der Waals surface area (Å²) >= 11 is 1.54. The smallest absolute Gasteiger partial charge is 0.216 e. The molecule has 2 heterocycles. The predicted molar refractivity (Wildman–Crippen MR) is 55.6 cm³/mol. The number of hydrogen-bond acceptors (Lipinski definition) is 3. The molecule has 76 valence electrons. The number of rotatable bonds is 1. The standard InChI is InChI=1S/C10H7FN2OS/c11-7-1-2-9-8(5-7)13-4-3-12(6-14)10(13)15-9/h1-6,10H. The first-order chi connectivity index (χ1) is 7.29. The number of fused-ring (bicyclic) bond motifs is 3. The van der Waals surface area contributed by atoms with Gasteiger partial charge < -0.3 is 4.90 Å². The van der Waals surface area contributed by atoms with Gasteiger partial charge in [-0.05, 0) is 18.2 Å². The van der Waals surface area contributed by atoms with E-state index in [2.05, 4.69) is 0 Å². The molecular formula is C10H7FN2OS.